The van der Waals surface area contributed by atoms with Crippen LogP contribution in [0.5, 0.6) is 0 Å². The lowest BCUT2D eigenvalue weighted by Gasteiger charge is -2.07. The molecule has 0 aliphatic heterocycles. The molecule has 2 N–H and O–H groups in total. The molecule has 1 rings (SSSR count). The van der Waals surface area contributed by atoms with E-state index in [4.69, 9.17) is 5.14 Å². The van der Waals surface area contributed by atoms with E-state index < -0.39 is 10.0 Å². The van der Waals surface area contributed by atoms with Crippen molar-refractivity contribution in [2.45, 2.75) is 70.5 Å². The number of rotatable bonds is 9. The molecule has 0 radical (unpaired) electrons. The molecule has 0 aliphatic carbocycles. The predicted octanol–water partition coefficient (Wildman–Crippen LogP) is 1.85. The van der Waals surface area contributed by atoms with Crippen LogP contribution in [0.15, 0.2) is 5.16 Å². The van der Waals surface area contributed by atoms with Gasteiger partial charge in [0, 0.05) is 13.0 Å². The molecular formula is C12H24N4O2S. The fraction of sp³-hybridized carbons (Fsp3) is 0.833. The Hall–Kier alpha value is -0.950. The number of nitrogens with zero attached hydrogens (tertiary/aromatic N) is 3. The first-order chi connectivity index (χ1) is 9.00. The minimum atomic E-state index is -3.78. The molecule has 0 bridgehead atoms. The highest BCUT2D eigenvalue weighted by Gasteiger charge is 2.20. The van der Waals surface area contributed by atoms with Crippen molar-refractivity contribution < 1.29 is 8.42 Å². The van der Waals surface area contributed by atoms with Gasteiger partial charge >= 0.3 is 0 Å². The van der Waals surface area contributed by atoms with Gasteiger partial charge in [0.15, 0.2) is 0 Å². The molecule has 0 aliphatic rings. The molecule has 0 spiro atoms. The van der Waals surface area contributed by atoms with E-state index in [0.29, 0.717) is 6.54 Å². The highest BCUT2D eigenvalue weighted by atomic mass is 32.2. The average molecular weight is 288 g/mol. The molecule has 0 atom stereocenters. The van der Waals surface area contributed by atoms with Gasteiger partial charge < -0.3 is 4.57 Å². The second kappa shape index (κ2) is 7.59. The lowest BCUT2D eigenvalue weighted by atomic mass is 10.1. The second-order valence-corrected chi connectivity index (χ2v) is 6.21. The molecule has 0 saturated heterocycles. The summed E-state index contributed by atoms with van der Waals surface area (Å²) in [6, 6.07) is 0. The lowest BCUT2D eigenvalue weighted by Crippen LogP contribution is -2.19. The van der Waals surface area contributed by atoms with E-state index in [-0.39, 0.29) is 5.16 Å². The Kier molecular flexibility index (Phi) is 6.44. The molecule has 0 aromatic carbocycles. The zero-order valence-electron chi connectivity index (χ0n) is 11.8. The third-order valence-corrected chi connectivity index (χ3v) is 3.81. The Morgan fingerprint density at radius 1 is 1.05 bits per heavy atom. The average Bonchev–Trinajstić information content (AvgIpc) is 2.72. The van der Waals surface area contributed by atoms with Crippen LogP contribution in [-0.2, 0) is 23.0 Å². The van der Waals surface area contributed by atoms with E-state index in [1.807, 2.05) is 6.92 Å². The summed E-state index contributed by atoms with van der Waals surface area (Å²) in [5.74, 6) is 0.724. The van der Waals surface area contributed by atoms with E-state index in [9.17, 15) is 8.42 Å². The largest absolute Gasteiger partial charge is 0.301 e. The SMILES string of the molecule is CCCCCCCc1nnc(S(N)(=O)=O)n1CCC. The maximum atomic E-state index is 11.4. The molecule has 19 heavy (non-hydrogen) atoms. The third-order valence-electron chi connectivity index (χ3n) is 3.00. The van der Waals surface area contributed by atoms with E-state index >= 15 is 0 Å². The molecule has 0 amide bonds. The number of hydrogen-bond donors (Lipinski definition) is 1. The lowest BCUT2D eigenvalue weighted by molar-refractivity contribution is 0.539. The van der Waals surface area contributed by atoms with Crippen molar-refractivity contribution in [3.63, 3.8) is 0 Å². The number of aromatic nitrogens is 3. The van der Waals surface area contributed by atoms with Gasteiger partial charge in [-0.25, -0.2) is 13.6 Å². The molecule has 0 saturated carbocycles. The summed E-state index contributed by atoms with van der Waals surface area (Å²) < 4.78 is 24.5. The molecule has 0 fully saturated rings. The summed E-state index contributed by atoms with van der Waals surface area (Å²) in [4.78, 5) is 0. The van der Waals surface area contributed by atoms with Gasteiger partial charge in [0.05, 0.1) is 0 Å². The molecule has 1 aromatic heterocycles. The number of unbranched alkanes of at least 4 members (excludes halogenated alkanes) is 4. The number of aryl methyl sites for hydroxylation is 1. The Balaban J connectivity index is 2.70. The van der Waals surface area contributed by atoms with Gasteiger partial charge in [-0.1, -0.05) is 39.5 Å². The van der Waals surface area contributed by atoms with Gasteiger partial charge in [-0.2, -0.15) is 0 Å². The Morgan fingerprint density at radius 3 is 2.32 bits per heavy atom. The summed E-state index contributed by atoms with van der Waals surface area (Å²) >= 11 is 0. The maximum absolute atomic E-state index is 11.4. The monoisotopic (exact) mass is 288 g/mol. The topological polar surface area (TPSA) is 90.9 Å². The third kappa shape index (κ3) is 4.91. The smallest absolute Gasteiger partial charge is 0.273 e. The number of primary sulfonamides is 1. The first kappa shape index (κ1) is 16.1. The number of hydrogen-bond acceptors (Lipinski definition) is 4. The molecule has 1 aromatic rings. The van der Waals surface area contributed by atoms with Gasteiger partial charge in [-0.15, -0.1) is 10.2 Å². The quantitative estimate of drug-likeness (QED) is 0.702. The summed E-state index contributed by atoms with van der Waals surface area (Å²) in [5.41, 5.74) is 0. The van der Waals surface area contributed by atoms with Crippen LogP contribution in [0, 0.1) is 0 Å². The van der Waals surface area contributed by atoms with Crippen LogP contribution in [0.2, 0.25) is 0 Å². The minimum Gasteiger partial charge on any atom is -0.301 e. The maximum Gasteiger partial charge on any atom is 0.273 e. The van der Waals surface area contributed by atoms with Crippen molar-refractivity contribution in [1.29, 1.82) is 0 Å². The van der Waals surface area contributed by atoms with Crippen LogP contribution in [0.25, 0.3) is 0 Å². The first-order valence-electron chi connectivity index (χ1n) is 6.95. The number of sulfonamides is 1. The molecule has 0 unspecified atom stereocenters. The van der Waals surface area contributed by atoms with Crippen LogP contribution in [0.1, 0.15) is 58.2 Å². The fourth-order valence-electron chi connectivity index (χ4n) is 2.05. The summed E-state index contributed by atoms with van der Waals surface area (Å²) in [6.45, 7) is 4.75. The fourth-order valence-corrected chi connectivity index (χ4v) is 2.71. The Labute approximate surface area is 115 Å². The zero-order chi connectivity index (χ0) is 14.3. The molecule has 7 heteroatoms. The van der Waals surface area contributed by atoms with Gasteiger partial charge in [0.25, 0.3) is 15.2 Å². The van der Waals surface area contributed by atoms with Crippen LogP contribution in [-0.4, -0.2) is 23.2 Å². The first-order valence-corrected chi connectivity index (χ1v) is 8.50. The summed E-state index contributed by atoms with van der Waals surface area (Å²) in [6.07, 6.45) is 7.38. The highest BCUT2D eigenvalue weighted by Crippen LogP contribution is 2.12. The number of nitrogens with two attached hydrogens (primary N) is 1. The standard InChI is InChI=1S/C12H24N4O2S/c1-3-5-6-7-8-9-11-14-15-12(19(13,17)18)16(11)10-4-2/h3-10H2,1-2H3,(H2,13,17,18). The minimum absolute atomic E-state index is 0.113. The van der Waals surface area contributed by atoms with Crippen LogP contribution >= 0.6 is 0 Å². The summed E-state index contributed by atoms with van der Waals surface area (Å²) in [7, 11) is -3.78. The van der Waals surface area contributed by atoms with Gasteiger partial charge in [-0.05, 0) is 12.8 Å². The molecular weight excluding hydrogens is 264 g/mol. The molecule has 110 valence electrons. The van der Waals surface area contributed by atoms with E-state index in [0.717, 1.165) is 31.5 Å². The van der Waals surface area contributed by atoms with E-state index in [2.05, 4.69) is 17.1 Å². The second-order valence-electron chi connectivity index (χ2n) is 4.76. The van der Waals surface area contributed by atoms with Crippen LogP contribution < -0.4 is 5.14 Å². The van der Waals surface area contributed by atoms with Gasteiger partial charge in [0.2, 0.25) is 0 Å². The highest BCUT2D eigenvalue weighted by molar-refractivity contribution is 7.89. The Bertz CT molecular complexity index is 482. The normalized spacial score (nSPS) is 11.9. The van der Waals surface area contributed by atoms with Crippen LogP contribution in [0.3, 0.4) is 0 Å². The van der Waals surface area contributed by atoms with Crippen molar-refractivity contribution >= 4 is 10.0 Å². The van der Waals surface area contributed by atoms with Crippen LogP contribution in [0.4, 0.5) is 0 Å². The van der Waals surface area contributed by atoms with Crippen molar-refractivity contribution in [3.8, 4) is 0 Å². The van der Waals surface area contributed by atoms with Gasteiger partial charge in [0.1, 0.15) is 5.82 Å². The summed E-state index contributed by atoms with van der Waals surface area (Å²) in [5, 5.41) is 12.7. The van der Waals surface area contributed by atoms with Crippen molar-refractivity contribution in [2.75, 3.05) is 0 Å². The van der Waals surface area contributed by atoms with E-state index in [1.54, 1.807) is 4.57 Å². The Morgan fingerprint density at radius 2 is 1.74 bits per heavy atom. The zero-order valence-corrected chi connectivity index (χ0v) is 12.6. The van der Waals surface area contributed by atoms with Crippen molar-refractivity contribution in [3.05, 3.63) is 5.82 Å². The predicted molar refractivity (Wildman–Crippen MR) is 74.1 cm³/mol. The van der Waals surface area contributed by atoms with Crippen molar-refractivity contribution in [1.82, 2.24) is 14.8 Å². The van der Waals surface area contributed by atoms with Crippen molar-refractivity contribution in [2.24, 2.45) is 5.14 Å². The molecule has 6 nitrogen and oxygen atoms in total. The van der Waals surface area contributed by atoms with Gasteiger partial charge in [-0.3, -0.25) is 0 Å². The molecule has 1 heterocycles. The van der Waals surface area contributed by atoms with E-state index in [1.165, 1.54) is 19.3 Å².